The van der Waals surface area contributed by atoms with E-state index in [1.807, 2.05) is 20.9 Å². The zero-order valence-electron chi connectivity index (χ0n) is 7.28. The Morgan fingerprint density at radius 1 is 1.40 bits per heavy atom. The molecule has 2 heteroatoms. The third-order valence-corrected chi connectivity index (χ3v) is 1.08. The van der Waals surface area contributed by atoms with Crippen molar-refractivity contribution in [2.75, 3.05) is 20.2 Å². The SMILES string of the molecule is C=C.CNCC(C)(C)CO. The highest BCUT2D eigenvalue weighted by Gasteiger charge is 2.13. The molecule has 0 saturated carbocycles. The van der Waals surface area contributed by atoms with Crippen molar-refractivity contribution in [1.29, 1.82) is 0 Å². The van der Waals surface area contributed by atoms with Gasteiger partial charge >= 0.3 is 0 Å². The van der Waals surface area contributed by atoms with E-state index in [1.165, 1.54) is 0 Å². The molecule has 2 nitrogen and oxygen atoms in total. The van der Waals surface area contributed by atoms with Gasteiger partial charge in [0.25, 0.3) is 0 Å². The van der Waals surface area contributed by atoms with Crippen molar-refractivity contribution < 1.29 is 5.11 Å². The zero-order chi connectivity index (χ0) is 8.62. The summed E-state index contributed by atoms with van der Waals surface area (Å²) in [6.07, 6.45) is 0. The number of hydrogen-bond acceptors (Lipinski definition) is 2. The molecule has 0 spiro atoms. The van der Waals surface area contributed by atoms with Crippen molar-refractivity contribution in [1.82, 2.24) is 5.32 Å². The van der Waals surface area contributed by atoms with Gasteiger partial charge in [0, 0.05) is 18.6 Å². The molecule has 2 N–H and O–H groups in total. The van der Waals surface area contributed by atoms with E-state index < -0.39 is 0 Å². The molecule has 0 amide bonds. The number of aliphatic hydroxyl groups excluding tert-OH is 1. The predicted octanol–water partition coefficient (Wildman–Crippen LogP) is 1.03. The predicted molar refractivity (Wildman–Crippen MR) is 46.0 cm³/mol. The Balaban J connectivity index is 0. The first-order valence-electron chi connectivity index (χ1n) is 3.38. The van der Waals surface area contributed by atoms with Crippen molar-refractivity contribution >= 4 is 0 Å². The van der Waals surface area contributed by atoms with Gasteiger partial charge < -0.3 is 10.4 Å². The van der Waals surface area contributed by atoms with Gasteiger partial charge in [-0.2, -0.15) is 0 Å². The summed E-state index contributed by atoms with van der Waals surface area (Å²) < 4.78 is 0. The Morgan fingerprint density at radius 2 is 1.80 bits per heavy atom. The summed E-state index contributed by atoms with van der Waals surface area (Å²) in [6, 6.07) is 0. The van der Waals surface area contributed by atoms with E-state index in [-0.39, 0.29) is 12.0 Å². The molecule has 0 heterocycles. The van der Waals surface area contributed by atoms with Gasteiger partial charge in [0.2, 0.25) is 0 Å². The lowest BCUT2D eigenvalue weighted by Gasteiger charge is -2.19. The lowest BCUT2D eigenvalue weighted by Crippen LogP contribution is -2.29. The second-order valence-corrected chi connectivity index (χ2v) is 2.85. The lowest BCUT2D eigenvalue weighted by molar-refractivity contribution is 0.159. The highest BCUT2D eigenvalue weighted by molar-refractivity contribution is 4.67. The van der Waals surface area contributed by atoms with E-state index in [9.17, 15) is 0 Å². The van der Waals surface area contributed by atoms with Gasteiger partial charge in [0.05, 0.1) is 0 Å². The number of hydrogen-bond donors (Lipinski definition) is 2. The summed E-state index contributed by atoms with van der Waals surface area (Å²) in [5.41, 5.74) is 0.0365. The molecule has 0 aliphatic rings. The van der Waals surface area contributed by atoms with Gasteiger partial charge in [0.15, 0.2) is 0 Å². The fourth-order valence-corrected chi connectivity index (χ4v) is 0.534. The highest BCUT2D eigenvalue weighted by atomic mass is 16.3. The third-order valence-electron chi connectivity index (χ3n) is 1.08. The maximum atomic E-state index is 8.69. The van der Waals surface area contributed by atoms with E-state index in [0.717, 1.165) is 6.54 Å². The fourth-order valence-electron chi connectivity index (χ4n) is 0.534. The summed E-state index contributed by atoms with van der Waals surface area (Å²) in [5, 5.41) is 11.7. The molecule has 10 heavy (non-hydrogen) atoms. The van der Waals surface area contributed by atoms with Crippen LogP contribution < -0.4 is 5.32 Å². The zero-order valence-corrected chi connectivity index (χ0v) is 7.28. The number of aliphatic hydroxyl groups is 1. The van der Waals surface area contributed by atoms with Crippen LogP contribution in [0.15, 0.2) is 13.2 Å². The first-order chi connectivity index (χ1) is 4.62. The fraction of sp³-hybridized carbons (Fsp3) is 0.750. The first kappa shape index (κ1) is 12.3. The van der Waals surface area contributed by atoms with Crippen LogP contribution in [0.1, 0.15) is 13.8 Å². The van der Waals surface area contributed by atoms with Gasteiger partial charge in [-0.15, -0.1) is 13.2 Å². The number of rotatable bonds is 3. The lowest BCUT2D eigenvalue weighted by atomic mass is 9.95. The maximum absolute atomic E-state index is 8.69. The topological polar surface area (TPSA) is 32.3 Å². The van der Waals surface area contributed by atoms with E-state index in [1.54, 1.807) is 0 Å². The second-order valence-electron chi connectivity index (χ2n) is 2.85. The standard InChI is InChI=1S/C6H15NO.C2H4/c1-6(2,5-8)4-7-3;1-2/h7-8H,4-5H2,1-3H3;1-2H2. The van der Waals surface area contributed by atoms with Crippen molar-refractivity contribution in [3.63, 3.8) is 0 Å². The average molecular weight is 145 g/mol. The summed E-state index contributed by atoms with van der Waals surface area (Å²) >= 11 is 0. The average Bonchev–Trinajstić information content (AvgIpc) is 1.93. The Morgan fingerprint density at radius 3 is 1.90 bits per heavy atom. The molecule has 0 fully saturated rings. The van der Waals surface area contributed by atoms with Gasteiger partial charge in [0.1, 0.15) is 0 Å². The van der Waals surface area contributed by atoms with Crippen molar-refractivity contribution in [2.45, 2.75) is 13.8 Å². The monoisotopic (exact) mass is 145 g/mol. The third kappa shape index (κ3) is 7.66. The molecule has 62 valence electrons. The summed E-state index contributed by atoms with van der Waals surface area (Å²) in [7, 11) is 1.89. The summed E-state index contributed by atoms with van der Waals surface area (Å²) in [6.45, 7) is 11.1. The second kappa shape index (κ2) is 6.78. The maximum Gasteiger partial charge on any atom is 0.0494 e. The Hall–Kier alpha value is -0.340. The first-order valence-corrected chi connectivity index (χ1v) is 3.38. The van der Waals surface area contributed by atoms with Crippen molar-refractivity contribution in [3.8, 4) is 0 Å². The molecule has 0 aliphatic heterocycles. The summed E-state index contributed by atoms with van der Waals surface area (Å²) in [5.74, 6) is 0. The molecule has 0 aromatic heterocycles. The molecule has 0 bridgehead atoms. The van der Waals surface area contributed by atoms with E-state index >= 15 is 0 Å². The van der Waals surface area contributed by atoms with Gasteiger partial charge in [-0.1, -0.05) is 13.8 Å². The molecule has 0 aromatic rings. The van der Waals surface area contributed by atoms with Crippen LogP contribution in [0.3, 0.4) is 0 Å². The molecule has 0 atom stereocenters. The smallest absolute Gasteiger partial charge is 0.0494 e. The Labute approximate surface area is 64.0 Å². The van der Waals surface area contributed by atoms with Crippen molar-refractivity contribution in [2.24, 2.45) is 5.41 Å². The quantitative estimate of drug-likeness (QED) is 0.581. The molecule has 0 unspecified atom stereocenters. The van der Waals surface area contributed by atoms with E-state index in [4.69, 9.17) is 5.11 Å². The Kier molecular flexibility index (Phi) is 8.37. The minimum atomic E-state index is 0.0365. The highest BCUT2D eigenvalue weighted by Crippen LogP contribution is 2.10. The molecule has 0 saturated heterocycles. The Bertz CT molecular complexity index is 71.7. The molecular formula is C8H19NO. The van der Waals surface area contributed by atoms with Gasteiger partial charge in [-0.25, -0.2) is 0 Å². The molecular weight excluding hydrogens is 126 g/mol. The van der Waals surface area contributed by atoms with E-state index in [0.29, 0.717) is 0 Å². The van der Waals surface area contributed by atoms with Gasteiger partial charge in [-0.05, 0) is 7.05 Å². The van der Waals surface area contributed by atoms with Crippen LogP contribution in [0.5, 0.6) is 0 Å². The van der Waals surface area contributed by atoms with Crippen LogP contribution in [-0.2, 0) is 0 Å². The van der Waals surface area contributed by atoms with Crippen LogP contribution in [0, 0.1) is 5.41 Å². The molecule has 0 radical (unpaired) electrons. The van der Waals surface area contributed by atoms with Crippen LogP contribution >= 0.6 is 0 Å². The van der Waals surface area contributed by atoms with E-state index in [2.05, 4.69) is 18.5 Å². The van der Waals surface area contributed by atoms with Gasteiger partial charge in [-0.3, -0.25) is 0 Å². The molecule has 0 rings (SSSR count). The summed E-state index contributed by atoms with van der Waals surface area (Å²) in [4.78, 5) is 0. The van der Waals surface area contributed by atoms with Crippen LogP contribution in [0.4, 0.5) is 0 Å². The molecule has 0 aliphatic carbocycles. The minimum absolute atomic E-state index is 0.0365. The number of nitrogens with one attached hydrogen (secondary N) is 1. The normalized spacial score (nSPS) is 10.0. The van der Waals surface area contributed by atoms with Crippen LogP contribution in [-0.4, -0.2) is 25.3 Å². The minimum Gasteiger partial charge on any atom is -0.396 e. The van der Waals surface area contributed by atoms with Crippen molar-refractivity contribution in [3.05, 3.63) is 13.2 Å². The van der Waals surface area contributed by atoms with Crippen LogP contribution in [0.25, 0.3) is 0 Å². The van der Waals surface area contributed by atoms with Crippen LogP contribution in [0.2, 0.25) is 0 Å². The molecule has 0 aromatic carbocycles. The largest absolute Gasteiger partial charge is 0.396 e.